The molecule has 3 rings (SSSR count). The Kier molecular flexibility index (Phi) is 12.2. The molecule has 4 N–H and O–H groups in total. The third-order valence-corrected chi connectivity index (χ3v) is 6.90. The maximum Gasteiger partial charge on any atom is 0.290 e. The molecule has 0 aliphatic carbocycles. The smallest absolute Gasteiger partial charge is 0.290 e. The molecule has 0 heterocycles. The summed E-state index contributed by atoms with van der Waals surface area (Å²) in [6.07, 6.45) is 0.440. The van der Waals surface area contributed by atoms with Gasteiger partial charge in [-0.1, -0.05) is 92.7 Å². The second-order valence-corrected chi connectivity index (χ2v) is 11.0. The number of hydrogen-bond donors (Lipinski definition) is 4. The summed E-state index contributed by atoms with van der Waals surface area (Å²) >= 11 is 0. The van der Waals surface area contributed by atoms with Crippen LogP contribution in [0.2, 0.25) is 0 Å². The highest BCUT2D eigenvalue weighted by molar-refractivity contribution is 6.38. The first-order valence-electron chi connectivity index (χ1n) is 14.4. The quantitative estimate of drug-likeness (QED) is 0.215. The van der Waals surface area contributed by atoms with Crippen molar-refractivity contribution in [1.29, 1.82) is 0 Å². The van der Waals surface area contributed by atoms with Gasteiger partial charge >= 0.3 is 0 Å². The number of Topliss-reactive ketones (excluding diaryl/α,β-unsaturated/α-hetero) is 1. The molecule has 0 aromatic heterocycles. The third kappa shape index (κ3) is 10.2. The highest BCUT2D eigenvalue weighted by atomic mass is 16.2. The Bertz CT molecular complexity index is 1380. The van der Waals surface area contributed by atoms with E-state index in [0.717, 1.165) is 11.1 Å². The Morgan fingerprint density at radius 2 is 1.16 bits per heavy atom. The van der Waals surface area contributed by atoms with Crippen molar-refractivity contribution in [3.05, 3.63) is 108 Å². The Hall–Kier alpha value is -4.79. The van der Waals surface area contributed by atoms with Gasteiger partial charge in [0.1, 0.15) is 12.1 Å². The van der Waals surface area contributed by atoms with Crippen LogP contribution in [0, 0.1) is 5.92 Å². The van der Waals surface area contributed by atoms with Crippen LogP contribution in [0.1, 0.15) is 61.6 Å². The molecule has 4 atom stereocenters. The zero-order chi connectivity index (χ0) is 31.4. The molecule has 4 amide bonds. The summed E-state index contributed by atoms with van der Waals surface area (Å²) in [5.41, 5.74) is 2.06. The monoisotopic (exact) mass is 584 g/mol. The molecule has 9 heteroatoms. The Morgan fingerprint density at radius 1 is 0.605 bits per heavy atom. The van der Waals surface area contributed by atoms with Crippen LogP contribution in [-0.2, 0) is 25.6 Å². The fraction of sp³-hybridized carbons (Fsp3) is 0.324. The van der Waals surface area contributed by atoms with Gasteiger partial charge < -0.3 is 21.3 Å². The molecule has 0 saturated heterocycles. The largest absolute Gasteiger partial charge is 0.344 e. The number of hydrogen-bond acceptors (Lipinski definition) is 5. The Balaban J connectivity index is 1.67. The number of amides is 4. The van der Waals surface area contributed by atoms with E-state index in [1.807, 2.05) is 74.5 Å². The Labute approximate surface area is 252 Å². The minimum atomic E-state index is -1.08. The number of ketones is 1. The average Bonchev–Trinajstić information content (AvgIpc) is 3.00. The first kappa shape index (κ1) is 32.7. The van der Waals surface area contributed by atoms with Crippen molar-refractivity contribution in [1.82, 2.24) is 21.3 Å². The highest BCUT2D eigenvalue weighted by Crippen LogP contribution is 2.13. The lowest BCUT2D eigenvalue weighted by molar-refractivity contribution is -0.141. The van der Waals surface area contributed by atoms with E-state index < -0.39 is 53.6 Å². The fourth-order valence-corrected chi connectivity index (χ4v) is 4.52. The predicted molar refractivity (Wildman–Crippen MR) is 165 cm³/mol. The number of nitrogens with one attached hydrogen (secondary N) is 4. The summed E-state index contributed by atoms with van der Waals surface area (Å²) in [7, 11) is 0. The van der Waals surface area contributed by atoms with Crippen LogP contribution in [0.3, 0.4) is 0 Å². The topological polar surface area (TPSA) is 133 Å². The predicted octanol–water partition coefficient (Wildman–Crippen LogP) is 3.51. The minimum Gasteiger partial charge on any atom is -0.344 e. The lowest BCUT2D eigenvalue weighted by atomic mass is 9.98. The summed E-state index contributed by atoms with van der Waals surface area (Å²) in [5, 5.41) is 10.8. The highest BCUT2D eigenvalue weighted by Gasteiger charge is 2.31. The van der Waals surface area contributed by atoms with Crippen molar-refractivity contribution in [3.8, 4) is 0 Å². The molecule has 0 radical (unpaired) electrons. The van der Waals surface area contributed by atoms with Gasteiger partial charge in [-0.05, 0) is 49.4 Å². The lowest BCUT2D eigenvalue weighted by Crippen LogP contribution is -2.56. The standard InChI is InChI=1S/C34H40N4O5/c1-22(2)20-28(30(39)34(43)35-23(3)26-16-10-6-11-17-26)37-31(40)24(4)36-33(42)29(21-25-14-8-5-9-15-25)38-32(41)27-18-12-7-13-19-27/h5-19,22-24,28-29H,20-21H2,1-4H3,(H,35,43)(H,36,42)(H,37,40)(H,38,41)/t23?,24?,28-,29-/m0/s1. The molecule has 226 valence electrons. The zero-order valence-corrected chi connectivity index (χ0v) is 25.0. The second kappa shape index (κ2) is 16.0. The summed E-state index contributed by atoms with van der Waals surface area (Å²) in [4.78, 5) is 65.4. The summed E-state index contributed by atoms with van der Waals surface area (Å²) in [5.74, 6) is -3.17. The molecular formula is C34H40N4O5. The maximum absolute atomic E-state index is 13.4. The van der Waals surface area contributed by atoms with E-state index in [-0.39, 0.29) is 18.8 Å². The van der Waals surface area contributed by atoms with Gasteiger partial charge in [-0.2, -0.15) is 0 Å². The van der Waals surface area contributed by atoms with E-state index in [4.69, 9.17) is 0 Å². The van der Waals surface area contributed by atoms with Gasteiger partial charge in [0.05, 0.1) is 12.1 Å². The molecule has 3 aromatic carbocycles. The Morgan fingerprint density at radius 3 is 1.74 bits per heavy atom. The van der Waals surface area contributed by atoms with Crippen LogP contribution in [0.25, 0.3) is 0 Å². The van der Waals surface area contributed by atoms with Gasteiger partial charge in [0, 0.05) is 12.0 Å². The van der Waals surface area contributed by atoms with Gasteiger partial charge in [0.25, 0.3) is 11.8 Å². The van der Waals surface area contributed by atoms with Gasteiger partial charge in [-0.3, -0.25) is 24.0 Å². The maximum atomic E-state index is 13.4. The van der Waals surface area contributed by atoms with Gasteiger partial charge in [-0.15, -0.1) is 0 Å². The molecular weight excluding hydrogens is 544 g/mol. The van der Waals surface area contributed by atoms with E-state index in [0.29, 0.717) is 5.56 Å². The van der Waals surface area contributed by atoms with Crippen molar-refractivity contribution < 1.29 is 24.0 Å². The molecule has 0 bridgehead atoms. The third-order valence-electron chi connectivity index (χ3n) is 6.90. The van der Waals surface area contributed by atoms with Crippen molar-refractivity contribution in [2.24, 2.45) is 5.92 Å². The van der Waals surface area contributed by atoms with Crippen molar-refractivity contribution in [2.45, 2.75) is 64.7 Å². The number of rotatable bonds is 14. The molecule has 3 aromatic rings. The van der Waals surface area contributed by atoms with Crippen LogP contribution < -0.4 is 21.3 Å². The lowest BCUT2D eigenvalue weighted by Gasteiger charge is -2.24. The first-order chi connectivity index (χ1) is 20.5. The van der Waals surface area contributed by atoms with Crippen LogP contribution in [0.5, 0.6) is 0 Å². The van der Waals surface area contributed by atoms with Gasteiger partial charge in [0.2, 0.25) is 17.6 Å². The average molecular weight is 585 g/mol. The van der Waals surface area contributed by atoms with Crippen molar-refractivity contribution >= 4 is 29.4 Å². The van der Waals surface area contributed by atoms with E-state index in [2.05, 4.69) is 21.3 Å². The SMILES string of the molecule is CC(C)C[C@H](NC(=O)C(C)NC(=O)[C@H](Cc1ccccc1)NC(=O)c1ccccc1)C(=O)C(=O)NC(C)c1ccccc1. The number of carbonyl (C=O) groups excluding carboxylic acids is 5. The number of benzene rings is 3. The van der Waals surface area contributed by atoms with E-state index >= 15 is 0 Å². The molecule has 0 aliphatic rings. The molecule has 0 spiro atoms. The normalized spacial score (nSPS) is 13.6. The van der Waals surface area contributed by atoms with Crippen LogP contribution in [0.15, 0.2) is 91.0 Å². The van der Waals surface area contributed by atoms with E-state index in [9.17, 15) is 24.0 Å². The van der Waals surface area contributed by atoms with Crippen molar-refractivity contribution in [2.75, 3.05) is 0 Å². The molecule has 0 fully saturated rings. The second-order valence-electron chi connectivity index (χ2n) is 11.0. The van der Waals surface area contributed by atoms with Gasteiger partial charge in [-0.25, -0.2) is 0 Å². The fourth-order valence-electron chi connectivity index (χ4n) is 4.52. The molecule has 43 heavy (non-hydrogen) atoms. The van der Waals surface area contributed by atoms with E-state index in [1.54, 1.807) is 37.3 Å². The molecule has 0 saturated carbocycles. The van der Waals surface area contributed by atoms with Crippen molar-refractivity contribution in [3.63, 3.8) is 0 Å². The first-order valence-corrected chi connectivity index (χ1v) is 14.4. The summed E-state index contributed by atoms with van der Waals surface area (Å²) in [6.45, 7) is 7.02. The minimum absolute atomic E-state index is 0.00180. The summed E-state index contributed by atoms with van der Waals surface area (Å²) in [6, 6.07) is 23.5. The number of carbonyl (C=O) groups is 5. The van der Waals surface area contributed by atoms with E-state index in [1.165, 1.54) is 6.92 Å². The van der Waals surface area contributed by atoms with Crippen LogP contribution in [-0.4, -0.2) is 47.5 Å². The molecule has 9 nitrogen and oxygen atoms in total. The zero-order valence-electron chi connectivity index (χ0n) is 25.0. The molecule has 2 unspecified atom stereocenters. The molecule has 0 aliphatic heterocycles. The summed E-state index contributed by atoms with van der Waals surface area (Å²) < 4.78 is 0. The van der Waals surface area contributed by atoms with Crippen LogP contribution >= 0.6 is 0 Å². The van der Waals surface area contributed by atoms with Crippen LogP contribution in [0.4, 0.5) is 0 Å². The van der Waals surface area contributed by atoms with Gasteiger partial charge in [0.15, 0.2) is 0 Å².